The Kier molecular flexibility index (Phi) is 11.3. The number of unbranched alkanes of at least 4 members (excludes halogenated alkanes) is 2. The van der Waals surface area contributed by atoms with E-state index in [0.717, 1.165) is 19.3 Å². The van der Waals surface area contributed by atoms with Crippen molar-refractivity contribution in [3.63, 3.8) is 0 Å². The van der Waals surface area contributed by atoms with Gasteiger partial charge in [0.2, 0.25) is 11.8 Å². The van der Waals surface area contributed by atoms with Crippen molar-refractivity contribution in [3.05, 3.63) is 35.4 Å². The first kappa shape index (κ1) is 30.0. The summed E-state index contributed by atoms with van der Waals surface area (Å²) in [5.41, 5.74) is -0.309. The number of hydrogen-bond donors (Lipinski definition) is 2. The molecule has 0 bridgehead atoms. The summed E-state index contributed by atoms with van der Waals surface area (Å²) >= 11 is 0. The third-order valence-electron chi connectivity index (χ3n) is 5.86. The van der Waals surface area contributed by atoms with Gasteiger partial charge in [0.05, 0.1) is 0 Å². The lowest BCUT2D eigenvalue weighted by molar-refractivity contribution is -0.149. The van der Waals surface area contributed by atoms with E-state index in [2.05, 4.69) is 23.5 Å². The SMILES string of the molecule is C#Cc1ccccc1C(C(=O)NCCCCC)N(C(=O)C(C)NC(=O)OC(C)(C)C)C(C)(C)CC. The Balaban J connectivity index is 3.48. The van der Waals surface area contributed by atoms with E-state index in [1.165, 1.54) is 0 Å². The summed E-state index contributed by atoms with van der Waals surface area (Å²) in [6.07, 6.45) is 8.51. The van der Waals surface area contributed by atoms with E-state index in [1.807, 2.05) is 20.8 Å². The highest BCUT2D eigenvalue weighted by Gasteiger charge is 2.42. The van der Waals surface area contributed by atoms with Gasteiger partial charge in [0.1, 0.15) is 17.7 Å². The third kappa shape index (κ3) is 8.93. The first-order valence-corrected chi connectivity index (χ1v) is 12.4. The fourth-order valence-electron chi connectivity index (χ4n) is 3.65. The molecule has 2 unspecified atom stereocenters. The zero-order chi connectivity index (χ0) is 26.8. The van der Waals surface area contributed by atoms with Crippen molar-refractivity contribution in [1.82, 2.24) is 15.5 Å². The van der Waals surface area contributed by atoms with Crippen LogP contribution in [0.1, 0.15) is 98.2 Å². The van der Waals surface area contributed by atoms with Crippen LogP contribution in [0, 0.1) is 12.3 Å². The van der Waals surface area contributed by atoms with Crippen LogP contribution < -0.4 is 10.6 Å². The number of carbonyl (C=O) groups is 3. The van der Waals surface area contributed by atoms with Gasteiger partial charge in [0.15, 0.2) is 0 Å². The lowest BCUT2D eigenvalue weighted by Gasteiger charge is -2.44. The summed E-state index contributed by atoms with van der Waals surface area (Å²) in [5.74, 6) is 1.95. The average molecular weight is 486 g/mol. The van der Waals surface area contributed by atoms with Crippen LogP contribution in [0.2, 0.25) is 0 Å². The molecule has 0 fully saturated rings. The number of terminal acetylenes is 1. The van der Waals surface area contributed by atoms with Gasteiger partial charge in [0, 0.05) is 17.6 Å². The van der Waals surface area contributed by atoms with Gasteiger partial charge in [0.25, 0.3) is 0 Å². The molecular formula is C28H43N3O4. The minimum absolute atomic E-state index is 0.303. The monoisotopic (exact) mass is 485 g/mol. The van der Waals surface area contributed by atoms with Crippen molar-refractivity contribution in [2.24, 2.45) is 0 Å². The van der Waals surface area contributed by atoms with E-state index in [-0.39, 0.29) is 5.91 Å². The fraction of sp³-hybridized carbons (Fsp3) is 0.607. The molecule has 0 saturated heterocycles. The van der Waals surface area contributed by atoms with E-state index < -0.39 is 35.2 Å². The lowest BCUT2D eigenvalue weighted by atomic mass is 9.90. The Bertz CT molecular complexity index is 912. The van der Waals surface area contributed by atoms with Crippen molar-refractivity contribution < 1.29 is 19.1 Å². The number of nitrogens with zero attached hydrogens (tertiary/aromatic N) is 1. The normalized spacial score (nSPS) is 13.2. The second kappa shape index (κ2) is 13.2. The quantitative estimate of drug-likeness (QED) is 0.343. The zero-order valence-electron chi connectivity index (χ0n) is 22.7. The van der Waals surface area contributed by atoms with Crippen LogP contribution in [0.3, 0.4) is 0 Å². The number of nitrogens with one attached hydrogen (secondary N) is 2. The highest BCUT2D eigenvalue weighted by molar-refractivity contribution is 5.92. The summed E-state index contributed by atoms with van der Waals surface area (Å²) < 4.78 is 5.33. The van der Waals surface area contributed by atoms with Gasteiger partial charge in [-0.1, -0.05) is 50.8 Å². The molecule has 1 aromatic carbocycles. The summed E-state index contributed by atoms with van der Waals surface area (Å²) in [7, 11) is 0. The molecule has 194 valence electrons. The molecule has 7 heteroatoms. The predicted octanol–water partition coefficient (Wildman–Crippen LogP) is 4.95. The van der Waals surface area contributed by atoms with Gasteiger partial charge >= 0.3 is 6.09 Å². The molecule has 1 rings (SSSR count). The summed E-state index contributed by atoms with van der Waals surface area (Å²) in [4.78, 5) is 41.4. The Labute approximate surface area is 211 Å². The minimum Gasteiger partial charge on any atom is -0.444 e. The summed E-state index contributed by atoms with van der Waals surface area (Å²) in [6.45, 7) is 15.2. The van der Waals surface area contributed by atoms with Gasteiger partial charge < -0.3 is 20.3 Å². The maximum Gasteiger partial charge on any atom is 0.408 e. The molecule has 0 radical (unpaired) electrons. The Morgan fingerprint density at radius 1 is 1.09 bits per heavy atom. The second-order valence-corrected chi connectivity index (χ2v) is 10.4. The number of benzene rings is 1. The molecule has 0 saturated carbocycles. The Morgan fingerprint density at radius 2 is 1.71 bits per heavy atom. The summed E-state index contributed by atoms with van der Waals surface area (Å²) in [6, 6.07) is 5.26. The molecule has 2 atom stereocenters. The Morgan fingerprint density at radius 3 is 2.26 bits per heavy atom. The molecule has 3 amide bonds. The molecule has 0 aliphatic rings. The van der Waals surface area contributed by atoms with Crippen molar-refractivity contribution in [2.45, 2.75) is 104 Å². The molecule has 0 aromatic heterocycles. The van der Waals surface area contributed by atoms with E-state index in [1.54, 1.807) is 56.9 Å². The van der Waals surface area contributed by atoms with Gasteiger partial charge in [-0.05, 0) is 66.0 Å². The zero-order valence-corrected chi connectivity index (χ0v) is 22.7. The number of rotatable bonds is 11. The standard InChI is InChI=1S/C28H43N3O4/c1-10-13-16-19-29-24(32)23(22-18-15-14-17-21(22)11-2)31(28(8,9)12-3)25(33)20(4)30-26(34)35-27(5,6)7/h2,14-15,17-18,20,23H,10,12-13,16,19H2,1,3-9H3,(H,29,32)(H,30,34). The van der Waals surface area contributed by atoms with Crippen LogP contribution in [0.4, 0.5) is 4.79 Å². The van der Waals surface area contributed by atoms with E-state index in [0.29, 0.717) is 24.1 Å². The summed E-state index contributed by atoms with van der Waals surface area (Å²) in [5, 5.41) is 5.62. The molecular weight excluding hydrogens is 442 g/mol. The van der Waals surface area contributed by atoms with Crippen LogP contribution in [0.25, 0.3) is 0 Å². The number of carbonyl (C=O) groups excluding carboxylic acids is 3. The van der Waals surface area contributed by atoms with Gasteiger partial charge in [-0.25, -0.2) is 4.79 Å². The molecule has 0 spiro atoms. The molecule has 0 aliphatic carbocycles. The fourth-order valence-corrected chi connectivity index (χ4v) is 3.65. The number of alkyl carbamates (subject to hydrolysis) is 1. The highest BCUT2D eigenvalue weighted by atomic mass is 16.6. The average Bonchev–Trinajstić information content (AvgIpc) is 2.78. The number of ether oxygens (including phenoxy) is 1. The first-order chi connectivity index (χ1) is 16.3. The molecule has 0 aliphatic heterocycles. The van der Waals surface area contributed by atoms with Crippen LogP contribution in [-0.4, -0.2) is 46.5 Å². The molecule has 2 N–H and O–H groups in total. The smallest absolute Gasteiger partial charge is 0.408 e. The highest BCUT2D eigenvalue weighted by Crippen LogP contribution is 2.33. The van der Waals surface area contributed by atoms with E-state index >= 15 is 0 Å². The van der Waals surface area contributed by atoms with Crippen LogP contribution >= 0.6 is 0 Å². The van der Waals surface area contributed by atoms with E-state index in [9.17, 15) is 14.4 Å². The second-order valence-electron chi connectivity index (χ2n) is 10.4. The van der Waals surface area contributed by atoms with Gasteiger partial charge in [-0.3, -0.25) is 9.59 Å². The largest absolute Gasteiger partial charge is 0.444 e. The van der Waals surface area contributed by atoms with Gasteiger partial charge in [-0.15, -0.1) is 6.42 Å². The van der Waals surface area contributed by atoms with Crippen molar-refractivity contribution in [1.29, 1.82) is 0 Å². The number of hydrogen-bond acceptors (Lipinski definition) is 4. The molecule has 35 heavy (non-hydrogen) atoms. The first-order valence-electron chi connectivity index (χ1n) is 12.4. The third-order valence-corrected chi connectivity index (χ3v) is 5.86. The molecule has 1 aromatic rings. The molecule has 0 heterocycles. The number of amides is 3. The van der Waals surface area contributed by atoms with Crippen molar-refractivity contribution in [3.8, 4) is 12.3 Å². The topological polar surface area (TPSA) is 87.7 Å². The Hall–Kier alpha value is -3.01. The predicted molar refractivity (Wildman–Crippen MR) is 140 cm³/mol. The maximum absolute atomic E-state index is 13.9. The van der Waals surface area contributed by atoms with Crippen LogP contribution in [-0.2, 0) is 14.3 Å². The van der Waals surface area contributed by atoms with Crippen molar-refractivity contribution in [2.75, 3.05) is 6.54 Å². The minimum atomic E-state index is -0.964. The van der Waals surface area contributed by atoms with Crippen LogP contribution in [0.5, 0.6) is 0 Å². The lowest BCUT2D eigenvalue weighted by Crippen LogP contribution is -2.58. The van der Waals surface area contributed by atoms with Crippen LogP contribution in [0.15, 0.2) is 24.3 Å². The van der Waals surface area contributed by atoms with Gasteiger partial charge in [-0.2, -0.15) is 0 Å². The van der Waals surface area contributed by atoms with Crippen molar-refractivity contribution >= 4 is 17.9 Å². The van der Waals surface area contributed by atoms with E-state index in [4.69, 9.17) is 11.2 Å². The molecule has 7 nitrogen and oxygen atoms in total. The maximum atomic E-state index is 13.9.